The molecule has 0 aliphatic rings. The van der Waals surface area contributed by atoms with Crippen LogP contribution in [0.3, 0.4) is 0 Å². The number of carbonyl (C=O) groups is 1. The Labute approximate surface area is 128 Å². The zero-order valence-corrected chi connectivity index (χ0v) is 13.7. The monoisotopic (exact) mass is 291 g/mol. The fourth-order valence-electron chi connectivity index (χ4n) is 2.47. The summed E-state index contributed by atoms with van der Waals surface area (Å²) in [5.74, 6) is 0.110. The van der Waals surface area contributed by atoms with Crippen molar-refractivity contribution in [1.82, 2.24) is 10.2 Å². The number of aryl methyl sites for hydroxylation is 1. The van der Waals surface area contributed by atoms with Gasteiger partial charge in [-0.2, -0.15) is 0 Å². The number of nitrogens with one attached hydrogen (secondary N) is 1. The van der Waals surface area contributed by atoms with Gasteiger partial charge in [0, 0.05) is 37.3 Å². The summed E-state index contributed by atoms with van der Waals surface area (Å²) in [4.78, 5) is 14.2. The summed E-state index contributed by atoms with van der Waals surface area (Å²) in [5, 5.41) is 3.00. The van der Waals surface area contributed by atoms with Gasteiger partial charge in [0.2, 0.25) is 5.91 Å². The van der Waals surface area contributed by atoms with E-state index in [2.05, 4.69) is 37.9 Å². The van der Waals surface area contributed by atoms with E-state index >= 15 is 0 Å². The Bertz CT molecular complexity index is 418. The molecule has 0 fully saturated rings. The maximum Gasteiger partial charge on any atom is 0.220 e. The highest BCUT2D eigenvalue weighted by atomic mass is 16.1. The number of hydrogen-bond acceptors (Lipinski definition) is 3. The molecule has 1 aromatic rings. The molecule has 0 spiro atoms. The Morgan fingerprint density at radius 1 is 1.14 bits per heavy atom. The van der Waals surface area contributed by atoms with Crippen LogP contribution in [-0.4, -0.2) is 36.0 Å². The number of nitrogens with two attached hydrogens (primary N) is 1. The highest BCUT2D eigenvalue weighted by Gasteiger charge is 2.12. The van der Waals surface area contributed by atoms with E-state index in [9.17, 15) is 4.79 Å². The van der Waals surface area contributed by atoms with Crippen molar-refractivity contribution in [2.75, 3.05) is 18.8 Å². The lowest BCUT2D eigenvalue weighted by atomic mass is 10.1. The van der Waals surface area contributed by atoms with E-state index in [1.165, 1.54) is 0 Å². The van der Waals surface area contributed by atoms with E-state index in [0.717, 1.165) is 24.2 Å². The van der Waals surface area contributed by atoms with Crippen molar-refractivity contribution in [1.29, 1.82) is 0 Å². The summed E-state index contributed by atoms with van der Waals surface area (Å²) in [6.07, 6.45) is 1.28. The zero-order valence-electron chi connectivity index (χ0n) is 13.7. The molecule has 4 nitrogen and oxygen atoms in total. The summed E-state index contributed by atoms with van der Waals surface area (Å²) in [5.41, 5.74) is 7.54. The first-order valence-corrected chi connectivity index (χ1v) is 7.77. The van der Waals surface area contributed by atoms with Gasteiger partial charge in [-0.25, -0.2) is 0 Å². The summed E-state index contributed by atoms with van der Waals surface area (Å²) in [6.45, 7) is 10.3. The van der Waals surface area contributed by atoms with Crippen LogP contribution in [-0.2, 0) is 11.2 Å². The third-order valence-electron chi connectivity index (χ3n) is 3.64. The molecule has 3 N–H and O–H groups in total. The molecule has 0 heterocycles. The van der Waals surface area contributed by atoms with Crippen molar-refractivity contribution in [3.8, 4) is 0 Å². The second-order valence-corrected chi connectivity index (χ2v) is 6.02. The number of carbonyl (C=O) groups excluding carboxylic acids is 1. The van der Waals surface area contributed by atoms with Crippen LogP contribution in [0.15, 0.2) is 24.3 Å². The Balaban J connectivity index is 2.26. The smallest absolute Gasteiger partial charge is 0.220 e. The molecule has 1 rings (SSSR count). The van der Waals surface area contributed by atoms with E-state index in [1.54, 1.807) is 0 Å². The highest BCUT2D eigenvalue weighted by molar-refractivity contribution is 5.76. The maximum absolute atomic E-state index is 11.9. The van der Waals surface area contributed by atoms with Crippen LogP contribution in [0, 0.1) is 0 Å². The van der Waals surface area contributed by atoms with E-state index in [-0.39, 0.29) is 5.91 Å². The van der Waals surface area contributed by atoms with Crippen LogP contribution >= 0.6 is 0 Å². The molecule has 0 atom stereocenters. The fourth-order valence-corrected chi connectivity index (χ4v) is 2.47. The number of hydrogen-bond donors (Lipinski definition) is 2. The number of nitrogens with zero attached hydrogens (tertiary/aromatic N) is 1. The van der Waals surface area contributed by atoms with Crippen molar-refractivity contribution in [2.45, 2.75) is 52.6 Å². The lowest BCUT2D eigenvalue weighted by molar-refractivity contribution is -0.121. The van der Waals surface area contributed by atoms with E-state index in [0.29, 0.717) is 25.0 Å². The molecule has 1 amide bonds. The SMILES string of the molecule is CC(C)N(CCNC(=O)CCc1ccc(N)cc1)C(C)C. The molecule has 1 aromatic carbocycles. The van der Waals surface area contributed by atoms with Crippen LogP contribution < -0.4 is 11.1 Å². The van der Waals surface area contributed by atoms with Crippen LogP contribution in [0.25, 0.3) is 0 Å². The van der Waals surface area contributed by atoms with E-state index in [1.807, 2.05) is 24.3 Å². The topological polar surface area (TPSA) is 58.4 Å². The van der Waals surface area contributed by atoms with Crippen LogP contribution in [0.2, 0.25) is 0 Å². The molecule has 0 radical (unpaired) electrons. The minimum absolute atomic E-state index is 0.110. The van der Waals surface area contributed by atoms with Crippen LogP contribution in [0.4, 0.5) is 5.69 Å². The van der Waals surface area contributed by atoms with Crippen molar-refractivity contribution >= 4 is 11.6 Å². The average Bonchev–Trinajstić information content (AvgIpc) is 2.42. The minimum atomic E-state index is 0.110. The molecular weight excluding hydrogens is 262 g/mol. The average molecular weight is 291 g/mol. The lowest BCUT2D eigenvalue weighted by Crippen LogP contribution is -2.42. The molecule has 118 valence electrons. The summed E-state index contributed by atoms with van der Waals surface area (Å²) < 4.78 is 0. The van der Waals surface area contributed by atoms with Crippen molar-refractivity contribution in [2.24, 2.45) is 0 Å². The van der Waals surface area contributed by atoms with Gasteiger partial charge in [-0.1, -0.05) is 12.1 Å². The number of anilines is 1. The summed E-state index contributed by atoms with van der Waals surface area (Å²) in [7, 11) is 0. The summed E-state index contributed by atoms with van der Waals surface area (Å²) in [6, 6.07) is 8.68. The Kier molecular flexibility index (Phi) is 7.23. The Hall–Kier alpha value is -1.55. The summed E-state index contributed by atoms with van der Waals surface area (Å²) >= 11 is 0. The quantitative estimate of drug-likeness (QED) is 0.723. The van der Waals surface area contributed by atoms with Gasteiger partial charge in [0.15, 0.2) is 0 Å². The van der Waals surface area contributed by atoms with Crippen molar-refractivity contribution in [3.63, 3.8) is 0 Å². The molecule has 0 aliphatic carbocycles. The van der Waals surface area contributed by atoms with Crippen molar-refractivity contribution < 1.29 is 4.79 Å². The molecule has 4 heteroatoms. The lowest BCUT2D eigenvalue weighted by Gasteiger charge is -2.30. The largest absolute Gasteiger partial charge is 0.399 e. The van der Waals surface area contributed by atoms with Crippen LogP contribution in [0.1, 0.15) is 39.7 Å². The molecule has 0 aromatic heterocycles. The van der Waals surface area contributed by atoms with Crippen LogP contribution in [0.5, 0.6) is 0 Å². The predicted octanol–water partition coefficient (Wildman–Crippen LogP) is 2.44. The van der Waals surface area contributed by atoms with Gasteiger partial charge in [-0.05, 0) is 51.8 Å². The van der Waals surface area contributed by atoms with Gasteiger partial charge in [-0.3, -0.25) is 9.69 Å². The first-order chi connectivity index (χ1) is 9.90. The molecule has 0 bridgehead atoms. The van der Waals surface area contributed by atoms with Gasteiger partial charge < -0.3 is 11.1 Å². The molecule has 0 saturated carbocycles. The first-order valence-electron chi connectivity index (χ1n) is 7.77. The molecule has 0 saturated heterocycles. The van der Waals surface area contributed by atoms with Gasteiger partial charge in [-0.15, -0.1) is 0 Å². The Morgan fingerprint density at radius 3 is 2.24 bits per heavy atom. The second kappa shape index (κ2) is 8.67. The third kappa shape index (κ3) is 6.63. The Morgan fingerprint density at radius 2 is 1.71 bits per heavy atom. The zero-order chi connectivity index (χ0) is 15.8. The third-order valence-corrected chi connectivity index (χ3v) is 3.64. The number of rotatable bonds is 8. The van der Waals surface area contributed by atoms with Gasteiger partial charge in [0.25, 0.3) is 0 Å². The van der Waals surface area contributed by atoms with Crippen molar-refractivity contribution in [3.05, 3.63) is 29.8 Å². The molecular formula is C17H29N3O. The van der Waals surface area contributed by atoms with Gasteiger partial charge in [0.1, 0.15) is 0 Å². The normalized spacial score (nSPS) is 11.4. The number of benzene rings is 1. The molecule has 0 aliphatic heterocycles. The molecule has 21 heavy (non-hydrogen) atoms. The fraction of sp³-hybridized carbons (Fsp3) is 0.588. The first kappa shape index (κ1) is 17.5. The van der Waals surface area contributed by atoms with Gasteiger partial charge in [0.05, 0.1) is 0 Å². The highest BCUT2D eigenvalue weighted by Crippen LogP contribution is 2.07. The van der Waals surface area contributed by atoms with E-state index in [4.69, 9.17) is 5.73 Å². The molecule has 0 unspecified atom stereocenters. The standard InChI is InChI=1S/C17H29N3O/c1-13(2)20(14(3)4)12-11-19-17(21)10-7-15-5-8-16(18)9-6-15/h5-6,8-9,13-14H,7,10-12,18H2,1-4H3,(H,19,21). The number of nitrogen functional groups attached to an aromatic ring is 1. The van der Waals surface area contributed by atoms with Gasteiger partial charge >= 0.3 is 0 Å². The minimum Gasteiger partial charge on any atom is -0.399 e. The second-order valence-electron chi connectivity index (χ2n) is 6.02. The van der Waals surface area contributed by atoms with E-state index < -0.39 is 0 Å². The maximum atomic E-state index is 11.9. The number of amides is 1. The predicted molar refractivity (Wildman–Crippen MR) is 89.2 cm³/mol.